The van der Waals surface area contributed by atoms with E-state index in [1.165, 1.54) is 0 Å². The summed E-state index contributed by atoms with van der Waals surface area (Å²) in [6, 6.07) is 0. The molecule has 0 spiro atoms. The Morgan fingerprint density at radius 1 is 1.71 bits per heavy atom. The van der Waals surface area contributed by atoms with Gasteiger partial charge in [0.1, 0.15) is 0 Å². The molecule has 1 fully saturated rings. The van der Waals surface area contributed by atoms with Crippen LogP contribution in [0.4, 0.5) is 0 Å². The average molecular weight is 193 g/mol. The molecule has 14 heavy (non-hydrogen) atoms. The van der Waals surface area contributed by atoms with Crippen molar-refractivity contribution in [1.82, 2.24) is 4.90 Å². The summed E-state index contributed by atoms with van der Waals surface area (Å²) in [5.41, 5.74) is 0.757. The van der Waals surface area contributed by atoms with E-state index in [0.29, 0.717) is 6.42 Å². The van der Waals surface area contributed by atoms with Gasteiger partial charge in [-0.05, 0) is 19.8 Å². The number of carbonyl (C=O) groups excluding carboxylic acids is 1. The lowest BCUT2D eigenvalue weighted by Crippen LogP contribution is -2.59. The van der Waals surface area contributed by atoms with Crippen LogP contribution in [0.15, 0.2) is 24.9 Å². The lowest BCUT2D eigenvalue weighted by molar-refractivity contribution is -0.146. The third-order valence-electron chi connectivity index (χ3n) is 2.84. The van der Waals surface area contributed by atoms with Crippen molar-refractivity contribution in [2.24, 2.45) is 0 Å². The van der Waals surface area contributed by atoms with Gasteiger partial charge in [0.05, 0.1) is 12.0 Å². The van der Waals surface area contributed by atoms with E-state index in [1.807, 2.05) is 13.0 Å². The third-order valence-corrected chi connectivity index (χ3v) is 2.84. The summed E-state index contributed by atoms with van der Waals surface area (Å²) in [5, 5.41) is 0. The Morgan fingerprint density at radius 3 is 2.79 bits per heavy atom. The summed E-state index contributed by atoms with van der Waals surface area (Å²) >= 11 is 0. The van der Waals surface area contributed by atoms with Gasteiger partial charge in [0, 0.05) is 5.70 Å². The molecule has 1 aliphatic rings. The number of likely N-dealkylation sites (tertiary alicyclic amines) is 1. The van der Waals surface area contributed by atoms with Crippen LogP contribution in [0.1, 0.15) is 39.5 Å². The molecule has 0 aromatic heterocycles. The first kappa shape index (κ1) is 11.0. The van der Waals surface area contributed by atoms with Crippen LogP contribution in [0.5, 0.6) is 0 Å². The summed E-state index contributed by atoms with van der Waals surface area (Å²) < 4.78 is 0. The van der Waals surface area contributed by atoms with E-state index < -0.39 is 0 Å². The summed E-state index contributed by atoms with van der Waals surface area (Å²) in [6.45, 7) is 11.9. The van der Waals surface area contributed by atoms with E-state index in [2.05, 4.69) is 20.1 Å². The third kappa shape index (κ3) is 1.74. The number of β-lactam (4-membered cyclic amide) rings is 1. The first-order chi connectivity index (χ1) is 6.55. The zero-order valence-electron chi connectivity index (χ0n) is 9.18. The van der Waals surface area contributed by atoms with E-state index in [1.54, 1.807) is 4.90 Å². The fourth-order valence-corrected chi connectivity index (χ4v) is 1.85. The predicted octanol–water partition coefficient (Wildman–Crippen LogP) is 2.87. The number of carbonyl (C=O) groups is 1. The molecule has 0 bridgehead atoms. The normalized spacial score (nSPS) is 25.9. The van der Waals surface area contributed by atoms with Crippen LogP contribution in [-0.4, -0.2) is 16.3 Å². The average Bonchev–Trinajstić information content (AvgIpc) is 2.13. The first-order valence-corrected chi connectivity index (χ1v) is 5.19. The molecule has 2 nitrogen and oxygen atoms in total. The minimum atomic E-state index is -0.179. The number of amides is 1. The van der Waals surface area contributed by atoms with Gasteiger partial charge in [-0.3, -0.25) is 4.79 Å². The van der Waals surface area contributed by atoms with Crippen molar-refractivity contribution < 1.29 is 4.79 Å². The van der Waals surface area contributed by atoms with Gasteiger partial charge in [0.15, 0.2) is 0 Å². The molecule has 0 aromatic carbocycles. The second-order valence-corrected chi connectivity index (χ2v) is 4.14. The van der Waals surface area contributed by atoms with Crippen molar-refractivity contribution >= 4 is 5.91 Å². The Hall–Kier alpha value is -1.05. The molecule has 1 unspecified atom stereocenters. The van der Waals surface area contributed by atoms with Gasteiger partial charge in [-0.1, -0.05) is 26.0 Å². The molecule has 0 radical (unpaired) electrons. The van der Waals surface area contributed by atoms with E-state index in [4.69, 9.17) is 0 Å². The van der Waals surface area contributed by atoms with Crippen molar-refractivity contribution in [3.05, 3.63) is 24.9 Å². The Morgan fingerprint density at radius 2 is 2.36 bits per heavy atom. The van der Waals surface area contributed by atoms with E-state index in [9.17, 15) is 4.79 Å². The van der Waals surface area contributed by atoms with E-state index in [-0.39, 0.29) is 11.4 Å². The molecule has 1 heterocycles. The maximum Gasteiger partial charge on any atom is 0.230 e. The van der Waals surface area contributed by atoms with Crippen LogP contribution in [-0.2, 0) is 4.79 Å². The van der Waals surface area contributed by atoms with Gasteiger partial charge in [0.2, 0.25) is 5.91 Å². The van der Waals surface area contributed by atoms with Crippen molar-refractivity contribution in [2.45, 2.75) is 45.1 Å². The van der Waals surface area contributed by atoms with E-state index in [0.717, 1.165) is 25.0 Å². The fourth-order valence-electron chi connectivity index (χ4n) is 1.85. The van der Waals surface area contributed by atoms with Crippen molar-refractivity contribution in [1.29, 1.82) is 0 Å². The molecule has 1 atom stereocenters. The number of hydrogen-bond donors (Lipinski definition) is 0. The Kier molecular flexibility index (Phi) is 3.14. The fraction of sp³-hybridized carbons (Fsp3) is 0.583. The van der Waals surface area contributed by atoms with Gasteiger partial charge < -0.3 is 4.90 Å². The quantitative estimate of drug-likeness (QED) is 0.485. The number of nitrogens with zero attached hydrogens (tertiary/aromatic N) is 1. The van der Waals surface area contributed by atoms with Crippen LogP contribution in [0, 0.1) is 0 Å². The maximum absolute atomic E-state index is 11.4. The van der Waals surface area contributed by atoms with Gasteiger partial charge >= 0.3 is 0 Å². The van der Waals surface area contributed by atoms with Crippen LogP contribution in [0.2, 0.25) is 0 Å². The molecule has 2 heteroatoms. The van der Waals surface area contributed by atoms with Crippen molar-refractivity contribution in [2.75, 3.05) is 0 Å². The highest BCUT2D eigenvalue weighted by Crippen LogP contribution is 2.36. The SMILES string of the molecule is C=CC1(C)CC(=O)N1C(=C)CCCC. The maximum atomic E-state index is 11.4. The van der Waals surface area contributed by atoms with E-state index >= 15 is 0 Å². The Balaban J connectivity index is 2.62. The van der Waals surface area contributed by atoms with Crippen LogP contribution < -0.4 is 0 Å². The molecule has 0 aliphatic carbocycles. The van der Waals surface area contributed by atoms with Gasteiger partial charge in [-0.25, -0.2) is 0 Å². The molecule has 1 amide bonds. The number of unbranched alkanes of at least 4 members (excludes halogenated alkanes) is 1. The summed E-state index contributed by atoms with van der Waals surface area (Å²) in [7, 11) is 0. The number of hydrogen-bond acceptors (Lipinski definition) is 1. The van der Waals surface area contributed by atoms with Gasteiger partial charge in [0.25, 0.3) is 0 Å². The molecule has 78 valence electrons. The first-order valence-electron chi connectivity index (χ1n) is 5.19. The van der Waals surface area contributed by atoms with Crippen LogP contribution in [0.25, 0.3) is 0 Å². The second kappa shape index (κ2) is 3.99. The van der Waals surface area contributed by atoms with Gasteiger partial charge in [-0.2, -0.15) is 0 Å². The van der Waals surface area contributed by atoms with Gasteiger partial charge in [-0.15, -0.1) is 6.58 Å². The lowest BCUT2D eigenvalue weighted by Gasteiger charge is -2.49. The second-order valence-electron chi connectivity index (χ2n) is 4.14. The topological polar surface area (TPSA) is 20.3 Å². The zero-order valence-corrected chi connectivity index (χ0v) is 9.18. The Labute approximate surface area is 86.3 Å². The highest BCUT2D eigenvalue weighted by molar-refractivity contribution is 5.87. The molecular formula is C12H19NO. The van der Waals surface area contributed by atoms with Crippen LogP contribution in [0.3, 0.4) is 0 Å². The molecule has 1 rings (SSSR count). The standard InChI is InChI=1S/C12H19NO/c1-5-7-8-10(3)13-11(14)9-12(13,4)6-2/h6H,2-3,5,7-9H2,1,4H3. The molecule has 0 N–H and O–H groups in total. The molecule has 1 saturated heterocycles. The molecule has 0 saturated carbocycles. The largest absolute Gasteiger partial charge is 0.307 e. The lowest BCUT2D eigenvalue weighted by atomic mass is 9.85. The van der Waals surface area contributed by atoms with Crippen LogP contribution >= 0.6 is 0 Å². The smallest absolute Gasteiger partial charge is 0.230 e. The number of rotatable bonds is 5. The Bertz CT molecular complexity index is 269. The highest BCUT2D eigenvalue weighted by Gasteiger charge is 2.45. The monoisotopic (exact) mass is 193 g/mol. The highest BCUT2D eigenvalue weighted by atomic mass is 16.2. The molecule has 0 aromatic rings. The minimum Gasteiger partial charge on any atom is -0.307 e. The molecular weight excluding hydrogens is 174 g/mol. The predicted molar refractivity (Wildman–Crippen MR) is 58.7 cm³/mol. The summed E-state index contributed by atoms with van der Waals surface area (Å²) in [4.78, 5) is 13.2. The van der Waals surface area contributed by atoms with Crippen molar-refractivity contribution in [3.8, 4) is 0 Å². The van der Waals surface area contributed by atoms with Crippen molar-refractivity contribution in [3.63, 3.8) is 0 Å². The number of allylic oxidation sites excluding steroid dienone is 1. The minimum absolute atomic E-state index is 0.175. The molecule has 1 aliphatic heterocycles. The summed E-state index contributed by atoms with van der Waals surface area (Å²) in [5.74, 6) is 0.175. The zero-order chi connectivity index (χ0) is 10.8. The summed E-state index contributed by atoms with van der Waals surface area (Å²) in [6.07, 6.45) is 5.54.